The third-order valence-corrected chi connectivity index (χ3v) is 1.61. The molecule has 0 heterocycles. The SMILES string of the molecule is CC(C)(C#N)C(=O)NCCOCCO. The van der Waals surface area contributed by atoms with E-state index < -0.39 is 5.41 Å². The zero-order valence-electron chi connectivity index (χ0n) is 8.54. The number of nitriles is 1. The molecule has 5 nitrogen and oxygen atoms in total. The lowest BCUT2D eigenvalue weighted by atomic mass is 9.95. The molecule has 0 unspecified atom stereocenters. The molecule has 0 saturated carbocycles. The van der Waals surface area contributed by atoms with Crippen LogP contribution < -0.4 is 5.32 Å². The van der Waals surface area contributed by atoms with Gasteiger partial charge in [0.05, 0.1) is 25.9 Å². The summed E-state index contributed by atoms with van der Waals surface area (Å²) in [7, 11) is 0. The molecule has 2 N–H and O–H groups in total. The molecule has 0 aromatic rings. The van der Waals surface area contributed by atoms with Crippen molar-refractivity contribution in [3.8, 4) is 6.07 Å². The van der Waals surface area contributed by atoms with Crippen LogP contribution in [0, 0.1) is 16.7 Å². The quantitative estimate of drug-likeness (QED) is 0.575. The number of hydrogen-bond donors (Lipinski definition) is 2. The fourth-order valence-corrected chi connectivity index (χ4v) is 0.675. The first-order valence-corrected chi connectivity index (χ1v) is 4.42. The molecule has 0 aromatic heterocycles. The van der Waals surface area contributed by atoms with Crippen LogP contribution in [0.4, 0.5) is 0 Å². The monoisotopic (exact) mass is 200 g/mol. The molecular formula is C9H16N2O3. The van der Waals surface area contributed by atoms with Crippen LogP contribution >= 0.6 is 0 Å². The Bertz CT molecular complexity index is 221. The second-order valence-corrected chi connectivity index (χ2v) is 3.33. The number of amides is 1. The second kappa shape index (κ2) is 6.35. The fraction of sp³-hybridized carbons (Fsp3) is 0.778. The van der Waals surface area contributed by atoms with Gasteiger partial charge < -0.3 is 15.2 Å². The van der Waals surface area contributed by atoms with Crippen LogP contribution in [0.3, 0.4) is 0 Å². The number of nitrogens with zero attached hydrogens (tertiary/aromatic N) is 1. The summed E-state index contributed by atoms with van der Waals surface area (Å²) in [6.45, 7) is 4.03. The minimum absolute atomic E-state index is 0.0301. The first-order valence-electron chi connectivity index (χ1n) is 4.42. The smallest absolute Gasteiger partial charge is 0.239 e. The number of nitrogens with one attached hydrogen (secondary N) is 1. The molecule has 80 valence electrons. The number of aliphatic hydroxyl groups is 1. The first kappa shape index (κ1) is 12.9. The second-order valence-electron chi connectivity index (χ2n) is 3.33. The van der Waals surface area contributed by atoms with Crippen molar-refractivity contribution in [2.45, 2.75) is 13.8 Å². The van der Waals surface area contributed by atoms with Crippen molar-refractivity contribution in [2.24, 2.45) is 5.41 Å². The van der Waals surface area contributed by atoms with E-state index in [-0.39, 0.29) is 19.1 Å². The van der Waals surface area contributed by atoms with Gasteiger partial charge in [-0.05, 0) is 13.8 Å². The van der Waals surface area contributed by atoms with Gasteiger partial charge in [-0.1, -0.05) is 0 Å². The molecule has 0 rings (SSSR count). The standard InChI is InChI=1S/C9H16N2O3/c1-9(2,7-10)8(13)11-3-5-14-6-4-12/h12H,3-6H2,1-2H3,(H,11,13). The molecule has 0 aromatic carbocycles. The summed E-state index contributed by atoms with van der Waals surface area (Å²) in [5.41, 5.74) is -1.00. The Balaban J connectivity index is 3.61. The summed E-state index contributed by atoms with van der Waals surface area (Å²) < 4.78 is 4.93. The van der Waals surface area contributed by atoms with E-state index in [0.29, 0.717) is 13.2 Å². The van der Waals surface area contributed by atoms with Crippen molar-refractivity contribution in [1.82, 2.24) is 5.32 Å². The van der Waals surface area contributed by atoms with E-state index in [0.717, 1.165) is 0 Å². The highest BCUT2D eigenvalue weighted by Gasteiger charge is 2.26. The lowest BCUT2D eigenvalue weighted by Gasteiger charge is -2.14. The Morgan fingerprint density at radius 2 is 2.21 bits per heavy atom. The van der Waals surface area contributed by atoms with Crippen LogP contribution in [0.25, 0.3) is 0 Å². The van der Waals surface area contributed by atoms with E-state index in [1.807, 2.05) is 6.07 Å². The van der Waals surface area contributed by atoms with Crippen molar-refractivity contribution < 1.29 is 14.6 Å². The molecule has 1 amide bonds. The predicted molar refractivity (Wildman–Crippen MR) is 50.3 cm³/mol. The molecule has 0 saturated heterocycles. The molecule has 0 spiro atoms. The van der Waals surface area contributed by atoms with Crippen LogP contribution in [0.5, 0.6) is 0 Å². The molecular weight excluding hydrogens is 184 g/mol. The molecule has 0 bridgehead atoms. The molecule has 5 heteroatoms. The van der Waals surface area contributed by atoms with Gasteiger partial charge in [0, 0.05) is 6.54 Å². The third kappa shape index (κ3) is 4.80. The molecule has 0 radical (unpaired) electrons. The number of carbonyl (C=O) groups excluding carboxylic acids is 1. The van der Waals surface area contributed by atoms with Gasteiger partial charge in [-0.3, -0.25) is 4.79 Å². The third-order valence-electron chi connectivity index (χ3n) is 1.61. The average molecular weight is 200 g/mol. The highest BCUT2D eigenvalue weighted by atomic mass is 16.5. The maximum atomic E-state index is 11.3. The molecule has 0 aliphatic carbocycles. The Morgan fingerprint density at radius 1 is 1.57 bits per heavy atom. The Kier molecular flexibility index (Phi) is 5.84. The minimum atomic E-state index is -1.00. The van der Waals surface area contributed by atoms with E-state index in [9.17, 15) is 4.79 Å². The van der Waals surface area contributed by atoms with Crippen molar-refractivity contribution in [2.75, 3.05) is 26.4 Å². The zero-order valence-corrected chi connectivity index (χ0v) is 8.54. The van der Waals surface area contributed by atoms with Gasteiger partial charge in [0.25, 0.3) is 0 Å². The van der Waals surface area contributed by atoms with Crippen molar-refractivity contribution in [3.63, 3.8) is 0 Å². The Hall–Kier alpha value is -1.12. The number of aliphatic hydroxyl groups excluding tert-OH is 1. The van der Waals surface area contributed by atoms with Gasteiger partial charge in [0.2, 0.25) is 5.91 Å². The van der Waals surface area contributed by atoms with Gasteiger partial charge in [-0.2, -0.15) is 5.26 Å². The lowest BCUT2D eigenvalue weighted by molar-refractivity contribution is -0.127. The van der Waals surface area contributed by atoms with Gasteiger partial charge in [-0.15, -0.1) is 0 Å². The Morgan fingerprint density at radius 3 is 2.71 bits per heavy atom. The van der Waals surface area contributed by atoms with Gasteiger partial charge >= 0.3 is 0 Å². The summed E-state index contributed by atoms with van der Waals surface area (Å²) in [4.78, 5) is 11.3. The van der Waals surface area contributed by atoms with Crippen LogP contribution in [0.15, 0.2) is 0 Å². The van der Waals surface area contributed by atoms with Crippen molar-refractivity contribution >= 4 is 5.91 Å². The van der Waals surface area contributed by atoms with E-state index in [2.05, 4.69) is 5.32 Å². The van der Waals surface area contributed by atoms with Crippen molar-refractivity contribution in [3.05, 3.63) is 0 Å². The molecule has 14 heavy (non-hydrogen) atoms. The minimum Gasteiger partial charge on any atom is -0.394 e. The van der Waals surface area contributed by atoms with Crippen LogP contribution in [0.1, 0.15) is 13.8 Å². The largest absolute Gasteiger partial charge is 0.394 e. The summed E-state index contributed by atoms with van der Waals surface area (Å²) in [6.07, 6.45) is 0. The summed E-state index contributed by atoms with van der Waals surface area (Å²) in [5, 5.41) is 19.6. The molecule has 0 aliphatic rings. The van der Waals surface area contributed by atoms with E-state index in [1.54, 1.807) is 13.8 Å². The van der Waals surface area contributed by atoms with Gasteiger partial charge in [-0.25, -0.2) is 0 Å². The first-order chi connectivity index (χ1) is 6.54. The predicted octanol–water partition coefficient (Wildman–Crippen LogP) is -0.339. The summed E-state index contributed by atoms with van der Waals surface area (Å²) in [6, 6.07) is 1.90. The lowest BCUT2D eigenvalue weighted by Crippen LogP contribution is -2.37. The fourth-order valence-electron chi connectivity index (χ4n) is 0.675. The maximum absolute atomic E-state index is 11.3. The molecule has 0 fully saturated rings. The molecule has 0 aliphatic heterocycles. The van der Waals surface area contributed by atoms with Gasteiger partial charge in [0.1, 0.15) is 5.41 Å². The van der Waals surface area contributed by atoms with Crippen LogP contribution in [-0.2, 0) is 9.53 Å². The summed E-state index contributed by atoms with van der Waals surface area (Å²) >= 11 is 0. The summed E-state index contributed by atoms with van der Waals surface area (Å²) in [5.74, 6) is -0.312. The highest BCUT2D eigenvalue weighted by molar-refractivity contribution is 5.84. The number of carbonyl (C=O) groups is 1. The van der Waals surface area contributed by atoms with E-state index in [1.165, 1.54) is 0 Å². The number of rotatable bonds is 6. The van der Waals surface area contributed by atoms with E-state index >= 15 is 0 Å². The highest BCUT2D eigenvalue weighted by Crippen LogP contribution is 2.11. The molecule has 0 atom stereocenters. The Labute approximate surface area is 83.7 Å². The topological polar surface area (TPSA) is 82.4 Å². The zero-order chi connectivity index (χ0) is 11.0. The van der Waals surface area contributed by atoms with Crippen molar-refractivity contribution in [1.29, 1.82) is 5.26 Å². The number of ether oxygens (including phenoxy) is 1. The number of hydrogen-bond acceptors (Lipinski definition) is 4. The normalized spacial score (nSPS) is 10.7. The van der Waals surface area contributed by atoms with Crippen LogP contribution in [0.2, 0.25) is 0 Å². The van der Waals surface area contributed by atoms with E-state index in [4.69, 9.17) is 15.1 Å². The van der Waals surface area contributed by atoms with Gasteiger partial charge in [0.15, 0.2) is 0 Å². The maximum Gasteiger partial charge on any atom is 0.239 e. The van der Waals surface area contributed by atoms with Crippen LogP contribution in [-0.4, -0.2) is 37.4 Å². The average Bonchev–Trinajstić information content (AvgIpc) is 2.17.